The van der Waals surface area contributed by atoms with Crippen LogP contribution < -0.4 is 14.2 Å². The Hall–Kier alpha value is -7.13. The smallest absolute Gasteiger partial charge is 0.340 e. The molecule has 1 atom stereocenters. The summed E-state index contributed by atoms with van der Waals surface area (Å²) >= 11 is 0. The van der Waals surface area contributed by atoms with Crippen molar-refractivity contribution in [2.45, 2.75) is 73.3 Å². The monoisotopic (exact) mass is 852 g/mol. The van der Waals surface area contributed by atoms with Crippen LogP contribution in [0.15, 0.2) is 164 Å². The van der Waals surface area contributed by atoms with Gasteiger partial charge in [-0.1, -0.05) is 136 Å². The van der Waals surface area contributed by atoms with Gasteiger partial charge in [0.25, 0.3) is 0 Å². The second-order valence-corrected chi connectivity index (χ2v) is 15.3. The zero-order valence-electron chi connectivity index (χ0n) is 38.3. The van der Waals surface area contributed by atoms with Crippen LogP contribution in [0.25, 0.3) is 0 Å². The Labute approximate surface area is 373 Å². The normalized spacial score (nSPS) is 12.8. The van der Waals surface area contributed by atoms with Gasteiger partial charge in [-0.15, -0.1) is 0 Å². The Morgan fingerprint density at radius 1 is 0.524 bits per heavy atom. The molecule has 9 heteroatoms. The van der Waals surface area contributed by atoms with E-state index in [-0.39, 0.29) is 28.7 Å². The van der Waals surface area contributed by atoms with Crippen molar-refractivity contribution < 1.29 is 42.9 Å². The molecule has 6 aromatic rings. The lowest BCUT2D eigenvalue weighted by atomic mass is 9.80. The highest BCUT2D eigenvalue weighted by molar-refractivity contribution is 5.96. The van der Waals surface area contributed by atoms with E-state index in [1.807, 2.05) is 127 Å². The number of Topliss-reactive ketones (excluding diaryl/α,β-unsaturated/α-hetero) is 3. The maximum atomic E-state index is 12.6. The third-order valence-electron chi connectivity index (χ3n) is 8.54. The highest BCUT2D eigenvalue weighted by Gasteiger charge is 2.48. The molecule has 0 aromatic heterocycles. The number of hydrogen-bond acceptors (Lipinski definition) is 9. The van der Waals surface area contributed by atoms with E-state index in [1.54, 1.807) is 57.5 Å². The van der Waals surface area contributed by atoms with Crippen molar-refractivity contribution in [2.75, 3.05) is 14.2 Å². The van der Waals surface area contributed by atoms with Crippen molar-refractivity contribution in [3.05, 3.63) is 197 Å². The largest absolute Gasteiger partial charge is 0.497 e. The van der Waals surface area contributed by atoms with E-state index >= 15 is 0 Å². The molecule has 1 unspecified atom stereocenters. The van der Waals surface area contributed by atoms with Gasteiger partial charge in [0.05, 0.1) is 19.8 Å². The summed E-state index contributed by atoms with van der Waals surface area (Å²) in [5.74, 6) is 1.63. The van der Waals surface area contributed by atoms with Crippen molar-refractivity contribution in [1.29, 1.82) is 0 Å². The van der Waals surface area contributed by atoms with Gasteiger partial charge in [0, 0.05) is 34.7 Å². The molecule has 6 aromatic carbocycles. The zero-order chi connectivity index (χ0) is 47.0. The van der Waals surface area contributed by atoms with Gasteiger partial charge in [-0.2, -0.15) is 0 Å². The third kappa shape index (κ3) is 17.4. The molecule has 1 aliphatic heterocycles. The van der Waals surface area contributed by atoms with E-state index in [9.17, 15) is 24.0 Å². The summed E-state index contributed by atoms with van der Waals surface area (Å²) in [6.07, 6.45) is 0. The average Bonchev–Trinajstić information content (AvgIpc) is 3.57. The molecule has 0 amide bonds. The number of benzene rings is 6. The number of ether oxygens (including phenoxy) is 4. The summed E-state index contributed by atoms with van der Waals surface area (Å²) in [7, 11) is 3.25. The highest BCUT2D eigenvalue weighted by Crippen LogP contribution is 2.47. The first-order chi connectivity index (χ1) is 29.9. The minimum Gasteiger partial charge on any atom is -0.497 e. The molecule has 7 rings (SSSR count). The van der Waals surface area contributed by atoms with Gasteiger partial charge in [0.1, 0.15) is 28.8 Å². The lowest BCUT2D eigenvalue weighted by molar-refractivity contribution is -0.132. The topological polar surface area (TPSA) is 122 Å². The Kier molecular flexibility index (Phi) is 21.7. The molecule has 0 radical (unpaired) electrons. The van der Waals surface area contributed by atoms with Crippen LogP contribution in [0.1, 0.15) is 105 Å². The number of ketones is 3. The van der Waals surface area contributed by atoms with Crippen LogP contribution in [-0.4, -0.2) is 43.5 Å². The van der Waals surface area contributed by atoms with Gasteiger partial charge in [0.15, 0.2) is 11.4 Å². The van der Waals surface area contributed by atoms with Gasteiger partial charge in [-0.3, -0.25) is 9.59 Å². The molecule has 0 saturated heterocycles. The van der Waals surface area contributed by atoms with Crippen molar-refractivity contribution in [3.8, 4) is 17.2 Å². The molecule has 0 bridgehead atoms. The molecule has 0 N–H and O–H groups in total. The fraction of sp³-hybridized carbons (Fsp3) is 0.241. The van der Waals surface area contributed by atoms with E-state index < -0.39 is 11.6 Å². The van der Waals surface area contributed by atoms with Crippen molar-refractivity contribution in [3.63, 3.8) is 0 Å². The van der Waals surface area contributed by atoms with Crippen LogP contribution in [-0.2, 0) is 30.1 Å². The summed E-state index contributed by atoms with van der Waals surface area (Å²) in [5, 5.41) is 0. The maximum Gasteiger partial charge on any atom is 0.340 e. The molecular formula is C54H60O9. The van der Waals surface area contributed by atoms with Gasteiger partial charge < -0.3 is 28.5 Å². The average molecular weight is 853 g/mol. The molecule has 330 valence electrons. The summed E-state index contributed by atoms with van der Waals surface area (Å²) in [6, 6.07) is 51.3. The second kappa shape index (κ2) is 26.3. The summed E-state index contributed by atoms with van der Waals surface area (Å²) < 4.78 is 21.7. The Bertz CT molecular complexity index is 2220. The van der Waals surface area contributed by atoms with E-state index in [0.717, 1.165) is 33.6 Å². The number of rotatable bonds is 6. The lowest BCUT2D eigenvalue weighted by Crippen LogP contribution is -2.29. The molecule has 1 aliphatic rings. The predicted octanol–water partition coefficient (Wildman–Crippen LogP) is 11.8. The van der Waals surface area contributed by atoms with E-state index in [1.165, 1.54) is 34.6 Å². The van der Waals surface area contributed by atoms with Crippen LogP contribution >= 0.6 is 0 Å². The first-order valence-corrected chi connectivity index (χ1v) is 20.3. The molecule has 0 aliphatic carbocycles. The number of esters is 2. The summed E-state index contributed by atoms with van der Waals surface area (Å²) in [4.78, 5) is 54.0. The second-order valence-electron chi connectivity index (χ2n) is 15.3. The molecule has 1 heterocycles. The van der Waals surface area contributed by atoms with E-state index in [0.29, 0.717) is 17.1 Å². The number of fused-ring (bicyclic) bond motifs is 1. The Morgan fingerprint density at radius 2 is 0.937 bits per heavy atom. The van der Waals surface area contributed by atoms with E-state index in [2.05, 4.69) is 20.8 Å². The number of cyclic esters (lactones) is 1. The van der Waals surface area contributed by atoms with E-state index in [4.69, 9.17) is 18.9 Å². The first-order valence-electron chi connectivity index (χ1n) is 20.3. The molecule has 0 saturated carbocycles. The highest BCUT2D eigenvalue weighted by atomic mass is 16.6. The van der Waals surface area contributed by atoms with Crippen LogP contribution in [0, 0.1) is 0 Å². The fourth-order valence-electron chi connectivity index (χ4n) is 5.84. The van der Waals surface area contributed by atoms with Crippen molar-refractivity contribution in [2.24, 2.45) is 0 Å². The number of hydrogen-bond donors (Lipinski definition) is 0. The Balaban J connectivity index is 0.000000322. The zero-order valence-corrected chi connectivity index (χ0v) is 38.3. The predicted molar refractivity (Wildman–Crippen MR) is 250 cm³/mol. The number of methoxy groups -OCH3 is 2. The fourth-order valence-corrected chi connectivity index (χ4v) is 5.84. The van der Waals surface area contributed by atoms with Crippen LogP contribution in [0.5, 0.6) is 17.2 Å². The van der Waals surface area contributed by atoms with Crippen LogP contribution in [0.2, 0.25) is 0 Å². The van der Waals surface area contributed by atoms with Crippen molar-refractivity contribution >= 4 is 29.3 Å². The van der Waals surface area contributed by atoms with Crippen molar-refractivity contribution in [1.82, 2.24) is 0 Å². The minimum atomic E-state index is -1.09. The molecule has 9 nitrogen and oxygen atoms in total. The lowest BCUT2D eigenvalue weighted by Gasteiger charge is -2.30. The summed E-state index contributed by atoms with van der Waals surface area (Å²) in [6.45, 7) is 15.4. The van der Waals surface area contributed by atoms with Gasteiger partial charge in [-0.05, 0) is 88.6 Å². The molecule has 63 heavy (non-hydrogen) atoms. The number of carbonyl (C=O) groups is 5. The Morgan fingerprint density at radius 3 is 1.30 bits per heavy atom. The van der Waals surface area contributed by atoms with Gasteiger partial charge >= 0.3 is 11.9 Å². The maximum absolute atomic E-state index is 12.6. The molecule has 0 fully saturated rings. The van der Waals surface area contributed by atoms with Crippen LogP contribution in [0.4, 0.5) is 0 Å². The third-order valence-corrected chi connectivity index (χ3v) is 8.54. The summed E-state index contributed by atoms with van der Waals surface area (Å²) in [5.41, 5.74) is 3.55. The first kappa shape index (κ1) is 52.0. The SMILES string of the molecule is CC(C)=O.CC(C)=O.COc1ccc(C(C)=O)cc1C(C)(C)C.COc1ccc(C2(c3ccc(OC(C)=O)cc3)OC(=O)c3ccccc32)cc1.c1ccccc1.c1ccccc1. The minimum absolute atomic E-state index is 0.0171. The number of carbonyl (C=O) groups excluding carboxylic acids is 5. The molecule has 0 spiro atoms. The van der Waals surface area contributed by atoms with Crippen LogP contribution in [0.3, 0.4) is 0 Å². The molecular weight excluding hydrogens is 793 g/mol. The standard InChI is InChI=1S/C23H18O5.C13H18O2.2C6H6.2C3H6O/c1-15(24)27-19-13-9-17(10-14-19)23(16-7-11-18(26-2)12-8-16)21-6-4-3-5-20(21)22(25)28-23;1-9(14)10-6-7-12(15-5)11(8-10)13(2,3)4;2*1-2-4-6-5-3-1;2*1-3(2)4/h3-14H,1-2H3;6-8H,1-5H3;2*1-6H;2*1-2H3. The van der Waals surface area contributed by atoms with Gasteiger partial charge in [-0.25, -0.2) is 4.79 Å². The van der Waals surface area contributed by atoms with Gasteiger partial charge in [0.2, 0.25) is 0 Å². The quantitative estimate of drug-likeness (QED) is 0.0915.